The molecule has 0 radical (unpaired) electrons. The van der Waals surface area contributed by atoms with Crippen molar-refractivity contribution >= 4 is 33.7 Å². The Hall–Kier alpha value is -3.29. The van der Waals surface area contributed by atoms with Gasteiger partial charge in [0.25, 0.3) is 11.8 Å². The predicted octanol–water partition coefficient (Wildman–Crippen LogP) is 0.952. The van der Waals surface area contributed by atoms with Crippen LogP contribution in [0, 0.1) is 5.92 Å². The molecule has 2 aliphatic carbocycles. The maximum absolute atomic E-state index is 13.8. The van der Waals surface area contributed by atoms with Crippen molar-refractivity contribution in [2.24, 2.45) is 5.92 Å². The van der Waals surface area contributed by atoms with Crippen molar-refractivity contribution in [1.29, 1.82) is 0 Å². The molecule has 14 heteroatoms. The smallest absolute Gasteiger partial charge is 0.274 e. The molecular formula is C27H39N7O6S. The van der Waals surface area contributed by atoms with E-state index in [9.17, 15) is 27.6 Å². The molecule has 1 aromatic heterocycles. The van der Waals surface area contributed by atoms with Crippen LogP contribution in [0.5, 0.6) is 0 Å². The molecule has 4 amide bonds. The number of amides is 4. The van der Waals surface area contributed by atoms with E-state index < -0.39 is 50.6 Å². The fraction of sp³-hybridized carbons (Fsp3) is 0.704. The highest BCUT2D eigenvalue weighted by Crippen LogP contribution is 2.46. The topological polar surface area (TPSA) is 172 Å². The van der Waals surface area contributed by atoms with Gasteiger partial charge in [-0.1, -0.05) is 30.2 Å². The molecule has 41 heavy (non-hydrogen) atoms. The SMILES string of the molecule is CC(C)n1cc(C(=O)N[C@H]2CCCCC/C=C\[C@@H]3C[C@@]3(C(=O)NS(=O)(=O)C3CC3)NC(=O)[C@@H]3CCCN3C2=O)nn1. The standard InChI is InChI=1S/C27H39N7O6S/c1-17(2)34-16-21(30-32-34)23(35)28-20-10-7-5-3-4-6-9-18-15-27(18,26(38)31-41(39,40)19-12-13-19)29-24(36)22-11-8-14-33(22)25(20)37/h6,9,16-20,22H,3-5,7-8,10-15H2,1-2H3,(H,28,35)(H,29,36)(H,31,38)/b9-6-/t18-,20+,22+,27-/m1/s1. The van der Waals surface area contributed by atoms with Gasteiger partial charge in [0.15, 0.2) is 5.69 Å². The molecule has 0 unspecified atom stereocenters. The van der Waals surface area contributed by atoms with Crippen molar-refractivity contribution in [2.45, 2.75) is 107 Å². The molecule has 3 fully saturated rings. The van der Waals surface area contributed by atoms with E-state index in [4.69, 9.17) is 0 Å². The van der Waals surface area contributed by atoms with Gasteiger partial charge >= 0.3 is 0 Å². The Balaban J connectivity index is 1.35. The molecule has 3 N–H and O–H groups in total. The van der Waals surface area contributed by atoms with E-state index in [0.29, 0.717) is 45.1 Å². The minimum atomic E-state index is -3.79. The number of hydrogen-bond acceptors (Lipinski definition) is 8. The lowest BCUT2D eigenvalue weighted by Gasteiger charge is -2.30. The monoisotopic (exact) mass is 589 g/mol. The molecule has 0 bridgehead atoms. The molecule has 0 spiro atoms. The lowest BCUT2D eigenvalue weighted by molar-refractivity contribution is -0.141. The van der Waals surface area contributed by atoms with Gasteiger partial charge in [0, 0.05) is 18.5 Å². The molecule has 4 atom stereocenters. The van der Waals surface area contributed by atoms with E-state index in [-0.39, 0.29) is 30.0 Å². The zero-order valence-corrected chi connectivity index (χ0v) is 24.4. The van der Waals surface area contributed by atoms with E-state index in [0.717, 1.165) is 19.3 Å². The third-order valence-electron chi connectivity index (χ3n) is 8.41. The van der Waals surface area contributed by atoms with Crippen molar-refractivity contribution in [1.82, 2.24) is 35.2 Å². The first-order valence-electron chi connectivity index (χ1n) is 14.6. The summed E-state index contributed by atoms with van der Waals surface area (Å²) in [5, 5.41) is 13.0. The molecule has 2 saturated carbocycles. The molecule has 0 aromatic carbocycles. The van der Waals surface area contributed by atoms with E-state index in [1.54, 1.807) is 4.68 Å². The number of hydrogen-bond donors (Lipinski definition) is 3. The molecule has 1 saturated heterocycles. The van der Waals surface area contributed by atoms with Crippen LogP contribution in [0.2, 0.25) is 0 Å². The van der Waals surface area contributed by atoms with Crippen LogP contribution in [-0.2, 0) is 24.4 Å². The first-order valence-corrected chi connectivity index (χ1v) is 16.1. The van der Waals surface area contributed by atoms with Crippen LogP contribution in [0.3, 0.4) is 0 Å². The number of allylic oxidation sites excluding steroid dienone is 1. The summed E-state index contributed by atoms with van der Waals surface area (Å²) in [7, 11) is -3.79. The fourth-order valence-electron chi connectivity index (χ4n) is 5.64. The molecule has 2 aliphatic heterocycles. The molecule has 5 rings (SSSR count). The summed E-state index contributed by atoms with van der Waals surface area (Å²) >= 11 is 0. The zero-order chi connectivity index (χ0) is 29.4. The summed E-state index contributed by atoms with van der Waals surface area (Å²) in [5.74, 6) is -2.42. The number of carbonyl (C=O) groups excluding carboxylic acids is 4. The first kappa shape index (κ1) is 29.2. The molecule has 4 aliphatic rings. The van der Waals surface area contributed by atoms with Crippen molar-refractivity contribution < 1.29 is 27.6 Å². The quantitative estimate of drug-likeness (QED) is 0.412. The van der Waals surface area contributed by atoms with Gasteiger partial charge in [-0.15, -0.1) is 5.10 Å². The van der Waals surface area contributed by atoms with Gasteiger partial charge in [-0.2, -0.15) is 0 Å². The van der Waals surface area contributed by atoms with Crippen LogP contribution in [0.4, 0.5) is 0 Å². The number of rotatable bonds is 6. The zero-order valence-electron chi connectivity index (χ0n) is 23.5. The molecule has 1 aromatic rings. The minimum absolute atomic E-state index is 0.0206. The minimum Gasteiger partial charge on any atom is -0.339 e. The Morgan fingerprint density at radius 3 is 2.59 bits per heavy atom. The Kier molecular flexibility index (Phi) is 8.22. The average molecular weight is 590 g/mol. The van der Waals surface area contributed by atoms with Crippen molar-refractivity contribution in [2.75, 3.05) is 6.54 Å². The predicted molar refractivity (Wildman–Crippen MR) is 148 cm³/mol. The second kappa shape index (κ2) is 11.5. The number of fused-ring (bicyclic) bond motifs is 2. The lowest BCUT2D eigenvalue weighted by atomic mass is 10.0. The third kappa shape index (κ3) is 6.31. The van der Waals surface area contributed by atoms with Crippen LogP contribution in [-0.4, -0.2) is 81.4 Å². The van der Waals surface area contributed by atoms with Crippen LogP contribution in [0.1, 0.15) is 94.6 Å². The maximum Gasteiger partial charge on any atom is 0.274 e. The largest absolute Gasteiger partial charge is 0.339 e. The first-order chi connectivity index (χ1) is 19.5. The van der Waals surface area contributed by atoms with E-state index >= 15 is 0 Å². The van der Waals surface area contributed by atoms with Gasteiger partial charge < -0.3 is 15.5 Å². The Morgan fingerprint density at radius 2 is 1.88 bits per heavy atom. The number of sulfonamides is 1. The van der Waals surface area contributed by atoms with Crippen molar-refractivity contribution in [3.8, 4) is 0 Å². The molecule has 3 heterocycles. The highest BCUT2D eigenvalue weighted by atomic mass is 32.2. The summed E-state index contributed by atoms with van der Waals surface area (Å²) in [6.45, 7) is 4.17. The van der Waals surface area contributed by atoms with E-state index in [1.165, 1.54) is 11.1 Å². The Labute approximate surface area is 239 Å². The highest BCUT2D eigenvalue weighted by molar-refractivity contribution is 7.91. The summed E-state index contributed by atoms with van der Waals surface area (Å²) in [6, 6.07) is -1.66. The molecule has 13 nitrogen and oxygen atoms in total. The van der Waals surface area contributed by atoms with Crippen LogP contribution < -0.4 is 15.4 Å². The van der Waals surface area contributed by atoms with Crippen LogP contribution in [0.15, 0.2) is 18.3 Å². The van der Waals surface area contributed by atoms with Gasteiger partial charge in [0.05, 0.1) is 11.4 Å². The Morgan fingerprint density at radius 1 is 1.10 bits per heavy atom. The summed E-state index contributed by atoms with van der Waals surface area (Å²) in [5.41, 5.74) is -1.26. The third-order valence-corrected chi connectivity index (χ3v) is 10.2. The lowest BCUT2D eigenvalue weighted by Crippen LogP contribution is -2.58. The van der Waals surface area contributed by atoms with Gasteiger partial charge in [0.1, 0.15) is 17.6 Å². The van der Waals surface area contributed by atoms with Gasteiger partial charge in [0.2, 0.25) is 21.8 Å². The fourth-order valence-corrected chi connectivity index (χ4v) is 7.00. The normalized spacial score (nSPS) is 29.9. The second-order valence-corrected chi connectivity index (χ2v) is 13.9. The van der Waals surface area contributed by atoms with Gasteiger partial charge in [-0.25, -0.2) is 13.1 Å². The second-order valence-electron chi connectivity index (χ2n) is 11.9. The van der Waals surface area contributed by atoms with Crippen molar-refractivity contribution in [3.63, 3.8) is 0 Å². The van der Waals surface area contributed by atoms with Crippen molar-refractivity contribution in [3.05, 3.63) is 24.0 Å². The molecule has 224 valence electrons. The van der Waals surface area contributed by atoms with Gasteiger partial charge in [-0.05, 0) is 65.2 Å². The number of nitrogens with one attached hydrogen (secondary N) is 3. The number of carbonyl (C=O) groups is 4. The van der Waals surface area contributed by atoms with Crippen LogP contribution in [0.25, 0.3) is 0 Å². The Bertz CT molecular complexity index is 1340. The molecular weight excluding hydrogens is 550 g/mol. The summed E-state index contributed by atoms with van der Waals surface area (Å²) in [6.07, 6.45) is 11.2. The number of aromatic nitrogens is 3. The highest BCUT2D eigenvalue weighted by Gasteiger charge is 2.61. The van der Waals surface area contributed by atoms with Crippen LogP contribution >= 0.6 is 0 Å². The summed E-state index contributed by atoms with van der Waals surface area (Å²) in [4.78, 5) is 55.2. The summed E-state index contributed by atoms with van der Waals surface area (Å²) < 4.78 is 28.8. The van der Waals surface area contributed by atoms with E-state index in [2.05, 4.69) is 25.7 Å². The number of nitrogens with zero attached hydrogens (tertiary/aromatic N) is 4. The van der Waals surface area contributed by atoms with E-state index in [1.807, 2.05) is 26.0 Å². The maximum atomic E-state index is 13.8. The van der Waals surface area contributed by atoms with Gasteiger partial charge in [-0.3, -0.25) is 23.9 Å². The average Bonchev–Trinajstić information content (AvgIpc) is 3.77.